The molecule has 1 amide bonds. The molecule has 1 aromatic heterocycles. The molecule has 88 valence electrons. The minimum atomic E-state index is -0.0622. The van der Waals surface area contributed by atoms with E-state index in [9.17, 15) is 4.79 Å². The molecule has 0 saturated carbocycles. The van der Waals surface area contributed by atoms with E-state index in [0.29, 0.717) is 17.9 Å². The summed E-state index contributed by atoms with van der Waals surface area (Å²) in [6, 6.07) is 5.48. The van der Waals surface area contributed by atoms with Gasteiger partial charge in [0.2, 0.25) is 11.7 Å². The van der Waals surface area contributed by atoms with Crippen LogP contribution in [0.25, 0.3) is 11.4 Å². The lowest BCUT2D eigenvalue weighted by Gasteiger charge is -2.08. The summed E-state index contributed by atoms with van der Waals surface area (Å²) in [4.78, 5) is 11.4. The predicted molar refractivity (Wildman–Crippen MR) is 66.2 cm³/mol. The molecule has 1 aromatic carbocycles. The number of anilines is 1. The van der Waals surface area contributed by atoms with Crippen molar-refractivity contribution in [1.29, 1.82) is 0 Å². The third kappa shape index (κ3) is 2.68. The van der Waals surface area contributed by atoms with Gasteiger partial charge in [0.05, 0.1) is 5.69 Å². The molecule has 0 unspecified atom stereocenters. The molecule has 7 heteroatoms. The number of tetrazole rings is 1. The zero-order valence-corrected chi connectivity index (χ0v) is 10.7. The topological polar surface area (TPSA) is 83.6 Å². The van der Waals surface area contributed by atoms with E-state index in [1.165, 1.54) is 0 Å². The first-order valence-electron chi connectivity index (χ1n) is 5.04. The summed E-state index contributed by atoms with van der Waals surface area (Å²) in [7, 11) is 0. The molecular formula is C10H10BrN5O. The molecule has 0 fully saturated rings. The van der Waals surface area contributed by atoms with Gasteiger partial charge in [-0.2, -0.15) is 5.21 Å². The van der Waals surface area contributed by atoms with Crippen LogP contribution in [-0.4, -0.2) is 26.5 Å². The standard InChI is InChI=1S/C10H10BrN5O/c1-2-9(17)12-8-5-6(11)3-4-7(8)10-13-15-16-14-10/h3-5H,2H2,1H3,(H,12,17)(H,13,14,15,16). The Kier molecular flexibility index (Phi) is 3.48. The first-order valence-corrected chi connectivity index (χ1v) is 5.83. The van der Waals surface area contributed by atoms with E-state index in [1.807, 2.05) is 12.1 Å². The van der Waals surface area contributed by atoms with Gasteiger partial charge in [0.15, 0.2) is 0 Å². The number of H-pyrrole nitrogens is 1. The number of benzene rings is 1. The molecule has 1 heterocycles. The number of carbonyl (C=O) groups is 1. The van der Waals surface area contributed by atoms with Gasteiger partial charge in [-0.1, -0.05) is 22.9 Å². The fourth-order valence-corrected chi connectivity index (χ4v) is 1.69. The van der Waals surface area contributed by atoms with Crippen molar-refractivity contribution in [3.63, 3.8) is 0 Å². The summed E-state index contributed by atoms with van der Waals surface area (Å²) in [6.45, 7) is 1.79. The highest BCUT2D eigenvalue weighted by atomic mass is 79.9. The van der Waals surface area contributed by atoms with Crippen molar-refractivity contribution in [3.05, 3.63) is 22.7 Å². The van der Waals surface area contributed by atoms with Crippen LogP contribution in [0.1, 0.15) is 13.3 Å². The minimum Gasteiger partial charge on any atom is -0.325 e. The Labute approximate surface area is 106 Å². The number of nitrogens with one attached hydrogen (secondary N) is 2. The van der Waals surface area contributed by atoms with Gasteiger partial charge in [-0.15, -0.1) is 10.2 Å². The second-order valence-corrected chi connectivity index (χ2v) is 4.24. The van der Waals surface area contributed by atoms with E-state index < -0.39 is 0 Å². The quantitative estimate of drug-likeness (QED) is 0.907. The fourth-order valence-electron chi connectivity index (χ4n) is 1.33. The first kappa shape index (κ1) is 11.7. The largest absolute Gasteiger partial charge is 0.325 e. The number of hydrogen-bond donors (Lipinski definition) is 2. The van der Waals surface area contributed by atoms with Gasteiger partial charge in [-0.25, -0.2) is 0 Å². The predicted octanol–water partition coefficient (Wildman–Crippen LogP) is 1.98. The number of aromatic amines is 1. The van der Waals surface area contributed by atoms with Crippen molar-refractivity contribution in [2.45, 2.75) is 13.3 Å². The fraction of sp³-hybridized carbons (Fsp3) is 0.200. The molecule has 0 bridgehead atoms. The second-order valence-electron chi connectivity index (χ2n) is 3.33. The van der Waals surface area contributed by atoms with Gasteiger partial charge in [0, 0.05) is 16.5 Å². The van der Waals surface area contributed by atoms with E-state index in [1.54, 1.807) is 13.0 Å². The monoisotopic (exact) mass is 295 g/mol. The van der Waals surface area contributed by atoms with Gasteiger partial charge in [0.25, 0.3) is 0 Å². The van der Waals surface area contributed by atoms with Crippen molar-refractivity contribution >= 4 is 27.5 Å². The van der Waals surface area contributed by atoms with Crippen LogP contribution in [0.15, 0.2) is 22.7 Å². The van der Waals surface area contributed by atoms with Gasteiger partial charge in [-0.3, -0.25) is 4.79 Å². The van der Waals surface area contributed by atoms with E-state index in [0.717, 1.165) is 10.0 Å². The average Bonchev–Trinajstić information content (AvgIpc) is 2.82. The van der Waals surface area contributed by atoms with Crippen LogP contribution in [0.4, 0.5) is 5.69 Å². The lowest BCUT2D eigenvalue weighted by Crippen LogP contribution is -2.10. The second kappa shape index (κ2) is 5.05. The van der Waals surface area contributed by atoms with Gasteiger partial charge in [-0.05, 0) is 23.4 Å². The summed E-state index contributed by atoms with van der Waals surface area (Å²) in [5.74, 6) is 0.386. The maximum absolute atomic E-state index is 11.4. The number of halogens is 1. The summed E-state index contributed by atoms with van der Waals surface area (Å²) >= 11 is 3.36. The van der Waals surface area contributed by atoms with Crippen molar-refractivity contribution < 1.29 is 4.79 Å². The molecule has 0 aliphatic heterocycles. The summed E-state index contributed by atoms with van der Waals surface area (Å²) in [5.41, 5.74) is 1.39. The molecule has 2 aromatic rings. The zero-order valence-electron chi connectivity index (χ0n) is 9.07. The van der Waals surface area contributed by atoms with Crippen molar-refractivity contribution in [2.24, 2.45) is 0 Å². The average molecular weight is 296 g/mol. The highest BCUT2D eigenvalue weighted by molar-refractivity contribution is 9.10. The van der Waals surface area contributed by atoms with Crippen LogP contribution in [0.3, 0.4) is 0 Å². The lowest BCUT2D eigenvalue weighted by molar-refractivity contribution is -0.115. The molecule has 0 radical (unpaired) electrons. The third-order valence-electron chi connectivity index (χ3n) is 2.16. The first-order chi connectivity index (χ1) is 8.20. The number of nitrogens with zero attached hydrogens (tertiary/aromatic N) is 3. The Balaban J connectivity index is 2.41. The normalized spacial score (nSPS) is 10.2. The maximum Gasteiger partial charge on any atom is 0.224 e. The van der Waals surface area contributed by atoms with Gasteiger partial charge in [0.1, 0.15) is 0 Å². The van der Waals surface area contributed by atoms with E-state index in [-0.39, 0.29) is 5.91 Å². The SMILES string of the molecule is CCC(=O)Nc1cc(Br)ccc1-c1nn[nH]n1. The van der Waals surface area contributed by atoms with Crippen LogP contribution in [-0.2, 0) is 4.79 Å². The van der Waals surface area contributed by atoms with Crippen LogP contribution in [0.5, 0.6) is 0 Å². The summed E-state index contributed by atoms with van der Waals surface area (Å²) in [6.07, 6.45) is 0.415. The molecular weight excluding hydrogens is 286 g/mol. The van der Waals surface area contributed by atoms with Gasteiger partial charge >= 0.3 is 0 Å². The smallest absolute Gasteiger partial charge is 0.224 e. The minimum absolute atomic E-state index is 0.0622. The summed E-state index contributed by atoms with van der Waals surface area (Å²) < 4.78 is 0.871. The van der Waals surface area contributed by atoms with Crippen molar-refractivity contribution in [2.75, 3.05) is 5.32 Å². The van der Waals surface area contributed by atoms with E-state index in [2.05, 4.69) is 41.9 Å². The van der Waals surface area contributed by atoms with Crippen LogP contribution in [0.2, 0.25) is 0 Å². The van der Waals surface area contributed by atoms with Crippen LogP contribution in [0, 0.1) is 0 Å². The Morgan fingerprint density at radius 2 is 2.35 bits per heavy atom. The Hall–Kier alpha value is -1.76. The van der Waals surface area contributed by atoms with E-state index in [4.69, 9.17) is 0 Å². The molecule has 6 nitrogen and oxygen atoms in total. The molecule has 0 atom stereocenters. The Morgan fingerprint density at radius 3 is 3.00 bits per heavy atom. The number of aromatic nitrogens is 4. The molecule has 2 rings (SSSR count). The Morgan fingerprint density at radius 1 is 1.53 bits per heavy atom. The van der Waals surface area contributed by atoms with Gasteiger partial charge < -0.3 is 5.32 Å². The molecule has 0 saturated heterocycles. The molecule has 0 aliphatic carbocycles. The number of rotatable bonds is 3. The number of carbonyl (C=O) groups excluding carboxylic acids is 1. The third-order valence-corrected chi connectivity index (χ3v) is 2.66. The Bertz CT molecular complexity index is 525. The van der Waals surface area contributed by atoms with E-state index >= 15 is 0 Å². The maximum atomic E-state index is 11.4. The van der Waals surface area contributed by atoms with Crippen molar-refractivity contribution in [1.82, 2.24) is 20.6 Å². The van der Waals surface area contributed by atoms with Crippen LogP contribution >= 0.6 is 15.9 Å². The molecule has 17 heavy (non-hydrogen) atoms. The highest BCUT2D eigenvalue weighted by Crippen LogP contribution is 2.28. The highest BCUT2D eigenvalue weighted by Gasteiger charge is 2.11. The lowest BCUT2D eigenvalue weighted by atomic mass is 10.1. The number of hydrogen-bond acceptors (Lipinski definition) is 4. The zero-order chi connectivity index (χ0) is 12.3. The molecule has 0 spiro atoms. The molecule has 2 N–H and O–H groups in total. The number of amides is 1. The van der Waals surface area contributed by atoms with Crippen molar-refractivity contribution in [3.8, 4) is 11.4 Å². The summed E-state index contributed by atoms with van der Waals surface area (Å²) in [5, 5.41) is 16.5. The van der Waals surface area contributed by atoms with Crippen LogP contribution < -0.4 is 5.32 Å². The molecule has 0 aliphatic rings.